The van der Waals surface area contributed by atoms with Gasteiger partial charge in [-0.15, -0.1) is 0 Å². The van der Waals surface area contributed by atoms with E-state index in [1.165, 1.54) is 5.56 Å². The van der Waals surface area contributed by atoms with Crippen LogP contribution in [0, 0.1) is 13.8 Å². The summed E-state index contributed by atoms with van der Waals surface area (Å²) < 4.78 is 5.39. The highest BCUT2D eigenvalue weighted by molar-refractivity contribution is 5.93. The highest BCUT2D eigenvalue weighted by Gasteiger charge is 2.10. The normalized spacial score (nSPS) is 10.4. The van der Waals surface area contributed by atoms with Gasteiger partial charge < -0.3 is 10.1 Å². The van der Waals surface area contributed by atoms with Gasteiger partial charge in [-0.25, -0.2) is 0 Å². The number of rotatable bonds is 8. The van der Waals surface area contributed by atoms with Gasteiger partial charge in [-0.3, -0.25) is 25.2 Å². The zero-order valence-corrected chi connectivity index (χ0v) is 17.9. The maximum atomic E-state index is 12.0. The first-order chi connectivity index (χ1) is 14.2. The number of amides is 3. The summed E-state index contributed by atoms with van der Waals surface area (Å²) in [7, 11) is 0. The van der Waals surface area contributed by atoms with Gasteiger partial charge >= 0.3 is 0 Å². The maximum Gasteiger partial charge on any atom is 0.276 e. The van der Waals surface area contributed by atoms with Gasteiger partial charge in [0.15, 0.2) is 6.61 Å². The molecule has 160 valence electrons. The van der Waals surface area contributed by atoms with Crippen LogP contribution in [-0.4, -0.2) is 24.3 Å². The summed E-state index contributed by atoms with van der Waals surface area (Å²) in [5.74, 6) is -0.229. The SMILES string of the molecule is Cc1ccc(NC(=O)CCC(=O)NNC(=O)COc2ccc(C(C)C)cc2)cc1C. The zero-order valence-electron chi connectivity index (χ0n) is 17.9. The molecule has 0 heterocycles. The molecule has 0 saturated carbocycles. The van der Waals surface area contributed by atoms with Crippen molar-refractivity contribution in [1.29, 1.82) is 0 Å². The fraction of sp³-hybridized carbons (Fsp3) is 0.348. The third-order valence-corrected chi connectivity index (χ3v) is 4.63. The predicted octanol–water partition coefficient (Wildman–Crippen LogP) is 3.37. The zero-order chi connectivity index (χ0) is 22.1. The Hall–Kier alpha value is -3.35. The van der Waals surface area contributed by atoms with Crippen molar-refractivity contribution in [3.8, 4) is 5.75 Å². The standard InChI is InChI=1S/C23H29N3O4/c1-15(2)18-6-9-20(10-7-18)30-14-23(29)26-25-22(28)12-11-21(27)24-19-8-5-16(3)17(4)13-19/h5-10,13,15H,11-12,14H2,1-4H3,(H,24,27)(H,25,28)(H,26,29). The van der Waals surface area contributed by atoms with Crippen LogP contribution in [0.5, 0.6) is 5.75 Å². The second-order valence-electron chi connectivity index (χ2n) is 7.46. The van der Waals surface area contributed by atoms with E-state index in [4.69, 9.17) is 4.74 Å². The minimum atomic E-state index is -0.490. The van der Waals surface area contributed by atoms with Crippen LogP contribution in [0.25, 0.3) is 0 Å². The minimum Gasteiger partial charge on any atom is -0.484 e. The molecular formula is C23H29N3O4. The molecule has 0 atom stereocenters. The van der Waals surface area contributed by atoms with E-state index >= 15 is 0 Å². The summed E-state index contributed by atoms with van der Waals surface area (Å²) in [6.45, 7) is 7.92. The van der Waals surface area contributed by atoms with Crippen molar-refractivity contribution in [3.63, 3.8) is 0 Å². The third-order valence-electron chi connectivity index (χ3n) is 4.63. The molecule has 0 fully saturated rings. The lowest BCUT2D eigenvalue weighted by Gasteiger charge is -2.10. The van der Waals surface area contributed by atoms with E-state index in [0.29, 0.717) is 17.4 Å². The van der Waals surface area contributed by atoms with Gasteiger partial charge in [0.05, 0.1) is 0 Å². The van der Waals surface area contributed by atoms with E-state index in [2.05, 4.69) is 30.0 Å². The first kappa shape index (κ1) is 22.9. The summed E-state index contributed by atoms with van der Waals surface area (Å²) in [4.78, 5) is 35.6. The smallest absolute Gasteiger partial charge is 0.276 e. The molecule has 0 aromatic heterocycles. The molecule has 0 bridgehead atoms. The van der Waals surface area contributed by atoms with Crippen molar-refractivity contribution in [2.45, 2.75) is 46.5 Å². The second-order valence-corrected chi connectivity index (χ2v) is 7.46. The molecule has 2 aromatic carbocycles. The van der Waals surface area contributed by atoms with Crippen LogP contribution in [0.2, 0.25) is 0 Å². The number of hydrazine groups is 1. The fourth-order valence-corrected chi connectivity index (χ4v) is 2.61. The Kier molecular flexibility index (Phi) is 8.41. The topological polar surface area (TPSA) is 96.5 Å². The van der Waals surface area contributed by atoms with Crippen molar-refractivity contribution >= 4 is 23.4 Å². The highest BCUT2D eigenvalue weighted by atomic mass is 16.5. The lowest BCUT2D eigenvalue weighted by Crippen LogP contribution is -2.44. The average molecular weight is 412 g/mol. The molecule has 2 rings (SSSR count). The number of hydrogen-bond acceptors (Lipinski definition) is 4. The van der Waals surface area contributed by atoms with Gasteiger partial charge in [-0.1, -0.05) is 32.0 Å². The number of hydrogen-bond donors (Lipinski definition) is 3. The Morgan fingerprint density at radius 3 is 2.10 bits per heavy atom. The highest BCUT2D eigenvalue weighted by Crippen LogP contribution is 2.18. The van der Waals surface area contributed by atoms with E-state index in [9.17, 15) is 14.4 Å². The summed E-state index contributed by atoms with van der Waals surface area (Å²) in [5.41, 5.74) is 8.64. The van der Waals surface area contributed by atoms with E-state index in [0.717, 1.165) is 11.1 Å². The lowest BCUT2D eigenvalue weighted by molar-refractivity contribution is -0.130. The van der Waals surface area contributed by atoms with Gasteiger partial charge in [0.2, 0.25) is 11.8 Å². The van der Waals surface area contributed by atoms with Crippen LogP contribution in [0.3, 0.4) is 0 Å². The number of ether oxygens (including phenoxy) is 1. The Balaban J connectivity index is 1.65. The lowest BCUT2D eigenvalue weighted by atomic mass is 10.0. The van der Waals surface area contributed by atoms with Gasteiger partial charge in [0, 0.05) is 18.5 Å². The van der Waals surface area contributed by atoms with Crippen molar-refractivity contribution in [1.82, 2.24) is 10.9 Å². The molecule has 0 aliphatic carbocycles. The first-order valence-electron chi connectivity index (χ1n) is 9.92. The van der Waals surface area contributed by atoms with E-state index < -0.39 is 11.8 Å². The van der Waals surface area contributed by atoms with Crippen molar-refractivity contribution in [2.75, 3.05) is 11.9 Å². The van der Waals surface area contributed by atoms with Gasteiger partial charge in [0.1, 0.15) is 5.75 Å². The predicted molar refractivity (Wildman–Crippen MR) is 116 cm³/mol. The number of benzene rings is 2. The fourth-order valence-electron chi connectivity index (χ4n) is 2.61. The number of nitrogens with one attached hydrogen (secondary N) is 3. The maximum absolute atomic E-state index is 12.0. The first-order valence-corrected chi connectivity index (χ1v) is 9.92. The van der Waals surface area contributed by atoms with E-state index in [1.807, 2.05) is 44.2 Å². The quantitative estimate of drug-likeness (QED) is 0.580. The van der Waals surface area contributed by atoms with Crippen LogP contribution in [0.1, 0.15) is 49.3 Å². The molecule has 0 aliphatic rings. The third kappa shape index (κ3) is 7.58. The molecule has 0 aliphatic heterocycles. The summed E-state index contributed by atoms with van der Waals surface area (Å²) in [6.07, 6.45) is -0.0399. The molecule has 0 radical (unpaired) electrons. The molecule has 30 heavy (non-hydrogen) atoms. The number of anilines is 1. The molecule has 7 heteroatoms. The molecule has 2 aromatic rings. The number of carbonyl (C=O) groups excluding carboxylic acids is 3. The van der Waals surface area contributed by atoms with Gasteiger partial charge in [-0.2, -0.15) is 0 Å². The summed E-state index contributed by atoms with van der Waals surface area (Å²) >= 11 is 0. The Bertz CT molecular complexity index is 892. The Morgan fingerprint density at radius 2 is 1.47 bits per heavy atom. The van der Waals surface area contributed by atoms with Crippen molar-refractivity contribution < 1.29 is 19.1 Å². The van der Waals surface area contributed by atoms with Gasteiger partial charge in [0.25, 0.3) is 5.91 Å². The molecule has 3 amide bonds. The summed E-state index contributed by atoms with van der Waals surface area (Å²) in [5, 5.41) is 2.75. The molecular weight excluding hydrogens is 382 g/mol. The average Bonchev–Trinajstić information content (AvgIpc) is 2.72. The van der Waals surface area contributed by atoms with Crippen LogP contribution >= 0.6 is 0 Å². The van der Waals surface area contributed by atoms with Crippen LogP contribution < -0.4 is 20.9 Å². The Labute approximate surface area is 177 Å². The molecule has 7 nitrogen and oxygen atoms in total. The molecule has 0 spiro atoms. The van der Waals surface area contributed by atoms with Crippen molar-refractivity contribution in [2.24, 2.45) is 0 Å². The monoisotopic (exact) mass is 411 g/mol. The number of aryl methyl sites for hydroxylation is 2. The minimum absolute atomic E-state index is 0.00727. The largest absolute Gasteiger partial charge is 0.484 e. The number of carbonyl (C=O) groups is 3. The van der Waals surface area contributed by atoms with Gasteiger partial charge in [-0.05, 0) is 60.7 Å². The van der Waals surface area contributed by atoms with E-state index in [-0.39, 0.29) is 25.4 Å². The van der Waals surface area contributed by atoms with E-state index in [1.54, 1.807) is 12.1 Å². The molecule has 0 unspecified atom stereocenters. The van der Waals surface area contributed by atoms with Crippen molar-refractivity contribution in [3.05, 3.63) is 59.2 Å². The molecule has 3 N–H and O–H groups in total. The molecule has 0 saturated heterocycles. The summed E-state index contributed by atoms with van der Waals surface area (Å²) in [6, 6.07) is 13.1. The van der Waals surface area contributed by atoms with Crippen LogP contribution in [-0.2, 0) is 14.4 Å². The van der Waals surface area contributed by atoms with Crippen LogP contribution in [0.15, 0.2) is 42.5 Å². The Morgan fingerprint density at radius 1 is 0.833 bits per heavy atom. The second kappa shape index (κ2) is 11.0. The van der Waals surface area contributed by atoms with Crippen LogP contribution in [0.4, 0.5) is 5.69 Å².